The highest BCUT2D eigenvalue weighted by Crippen LogP contribution is 2.49. The van der Waals surface area contributed by atoms with Crippen LogP contribution in [0.25, 0.3) is 0 Å². The van der Waals surface area contributed by atoms with E-state index in [0.29, 0.717) is 24.6 Å². The summed E-state index contributed by atoms with van der Waals surface area (Å²) in [6, 6.07) is 1.30. The van der Waals surface area contributed by atoms with Crippen molar-refractivity contribution < 1.29 is 18.3 Å². The maximum Gasteiger partial charge on any atom is 0.333 e. The molecule has 2 rings (SSSR count). The largest absolute Gasteiger partial charge is 0.352 e. The maximum absolute atomic E-state index is 12.7. The number of unbranched alkanes of at least 4 members (excludes halogenated alkanes) is 1. The molecule has 220 valence electrons. The lowest BCUT2D eigenvalue weighted by Gasteiger charge is -2.39. The third kappa shape index (κ3) is 9.95. The molecule has 1 fully saturated rings. The number of aromatic amines is 1. The molecule has 1 aromatic rings. The van der Waals surface area contributed by atoms with Crippen molar-refractivity contribution in [3.8, 4) is 0 Å². The van der Waals surface area contributed by atoms with Crippen LogP contribution in [0.1, 0.15) is 85.9 Å². The molecule has 2 heterocycles. The topological polar surface area (TPSA) is 104 Å². The van der Waals surface area contributed by atoms with Gasteiger partial charge in [-0.25, -0.2) is 4.79 Å². The first-order valence-electron chi connectivity index (χ1n) is 14.1. The van der Waals surface area contributed by atoms with E-state index in [9.17, 15) is 9.59 Å². The lowest BCUT2D eigenvalue weighted by atomic mass is 10.2. The normalized spacial score (nSPS) is 22.2. The molecule has 0 amide bonds. The van der Waals surface area contributed by atoms with E-state index in [1.807, 2.05) is 6.92 Å². The summed E-state index contributed by atoms with van der Waals surface area (Å²) in [5.41, 5.74) is -0.380. The predicted molar refractivity (Wildman–Crippen MR) is 158 cm³/mol. The Morgan fingerprint density at radius 3 is 2.55 bits per heavy atom. The minimum absolute atomic E-state index is 0.0320. The van der Waals surface area contributed by atoms with Crippen LogP contribution in [0.4, 0.5) is 0 Å². The Kier molecular flexibility index (Phi) is 12.9. The third-order valence-corrected chi connectivity index (χ3v) is 14.5. The van der Waals surface area contributed by atoms with Crippen LogP contribution in [0.5, 0.6) is 0 Å². The Labute approximate surface area is 231 Å². The number of ether oxygens (including phenoxy) is 1. The van der Waals surface area contributed by atoms with Gasteiger partial charge in [0.05, 0.1) is 33.0 Å². The number of nitrogens with one attached hydrogen (secondary N) is 2. The smallest absolute Gasteiger partial charge is 0.333 e. The Morgan fingerprint density at radius 2 is 1.95 bits per heavy atom. The van der Waals surface area contributed by atoms with Gasteiger partial charge in [0.1, 0.15) is 6.23 Å². The molecule has 4 unspecified atom stereocenters. The zero-order valence-corrected chi connectivity index (χ0v) is 27.2. The molecule has 38 heavy (non-hydrogen) atoms. The van der Waals surface area contributed by atoms with E-state index in [-0.39, 0.29) is 28.9 Å². The van der Waals surface area contributed by atoms with Crippen molar-refractivity contribution in [3.63, 3.8) is 0 Å². The second-order valence-electron chi connectivity index (χ2n) is 12.5. The molecule has 1 saturated heterocycles. The number of aryl methyl sites for hydroxylation is 1. The number of hydrogen-bond acceptors (Lipinski definition) is 7. The fraction of sp³-hybridized carbons (Fsp3) is 0.852. The van der Waals surface area contributed by atoms with Crippen LogP contribution in [0, 0.1) is 6.92 Å². The van der Waals surface area contributed by atoms with Crippen molar-refractivity contribution in [2.75, 3.05) is 13.2 Å². The molecule has 0 saturated carbocycles. The molecule has 0 radical (unpaired) electrons. The van der Waals surface area contributed by atoms with Gasteiger partial charge in [0, 0.05) is 24.2 Å². The quantitative estimate of drug-likeness (QED) is 0.154. The molecule has 9 nitrogen and oxygen atoms in total. The van der Waals surface area contributed by atoms with Gasteiger partial charge in [-0.2, -0.15) is 0 Å². The number of nitrogens with zero attached hydrogens (tertiary/aromatic N) is 1. The minimum atomic E-state index is -1.75. The van der Waals surface area contributed by atoms with Crippen molar-refractivity contribution in [2.45, 2.75) is 136 Å². The molecule has 0 aromatic carbocycles. The van der Waals surface area contributed by atoms with Gasteiger partial charge < -0.3 is 23.6 Å². The van der Waals surface area contributed by atoms with Crippen LogP contribution < -0.4 is 16.6 Å². The van der Waals surface area contributed by atoms with Crippen molar-refractivity contribution >= 4 is 16.7 Å². The minimum Gasteiger partial charge on any atom is -0.352 e. The van der Waals surface area contributed by atoms with E-state index in [4.69, 9.17) is 18.3 Å². The summed E-state index contributed by atoms with van der Waals surface area (Å²) >= 11 is 0. The summed E-state index contributed by atoms with van der Waals surface area (Å²) in [5, 5.41) is 3.60. The predicted octanol–water partition coefficient (Wildman–Crippen LogP) is 5.86. The number of aromatic nitrogens is 2. The van der Waals surface area contributed by atoms with Gasteiger partial charge in [-0.1, -0.05) is 61.1 Å². The summed E-state index contributed by atoms with van der Waals surface area (Å²) in [5.74, 6) is 0. The highest BCUT2D eigenvalue weighted by molar-refractivity contribution is 7.41. The first kappa shape index (κ1) is 33.3. The molecule has 1 aromatic heterocycles. The molecule has 0 bridgehead atoms. The Morgan fingerprint density at radius 1 is 1.26 bits per heavy atom. The van der Waals surface area contributed by atoms with Gasteiger partial charge in [-0.3, -0.25) is 14.3 Å². The highest BCUT2D eigenvalue weighted by atomic mass is 31.2. The van der Waals surface area contributed by atoms with Gasteiger partial charge in [0.15, 0.2) is 0 Å². The molecule has 0 spiro atoms. The van der Waals surface area contributed by atoms with E-state index in [0.717, 1.165) is 31.9 Å². The zero-order chi connectivity index (χ0) is 28.7. The van der Waals surface area contributed by atoms with Gasteiger partial charge >= 0.3 is 14.3 Å². The summed E-state index contributed by atoms with van der Waals surface area (Å²) in [6.07, 6.45) is 3.80. The Hall–Kier alpha value is -0.873. The molecule has 1 aliphatic heterocycles. The fourth-order valence-corrected chi connectivity index (χ4v) is 7.30. The molecule has 0 aliphatic carbocycles. The monoisotopic (exact) mass is 573 g/mol. The molecule has 11 heteroatoms. The molecular weight excluding hydrogens is 521 g/mol. The average molecular weight is 574 g/mol. The van der Waals surface area contributed by atoms with Crippen molar-refractivity contribution in [2.24, 2.45) is 0 Å². The van der Waals surface area contributed by atoms with E-state index >= 15 is 0 Å². The van der Waals surface area contributed by atoms with Crippen molar-refractivity contribution in [1.82, 2.24) is 14.9 Å². The zero-order valence-electron chi connectivity index (χ0n) is 25.3. The Bertz CT molecular complexity index is 977. The molecule has 2 N–H and O–H groups in total. The standard InChI is InChI=1S/C27H52N3O6PSi/c1-11-12-15-33-37(35-21(5)13-14-28-19(2)3)36-22-16-24(30-17-20(4)25(31)29-26(30)32)34-23(22)18-38(9,10)27(6,7)8/h17,19,21-24,28H,11-16,18H2,1-10H3,(H,29,31,32)/t21-,22?,23?,24?,37?/m1/s1. The van der Waals surface area contributed by atoms with Gasteiger partial charge in [0.2, 0.25) is 0 Å². The first-order valence-corrected chi connectivity index (χ1v) is 18.4. The third-order valence-electron chi connectivity index (χ3n) is 7.66. The first-order chi connectivity index (χ1) is 17.6. The van der Waals surface area contributed by atoms with Gasteiger partial charge in [0.25, 0.3) is 5.56 Å². The highest BCUT2D eigenvalue weighted by Gasteiger charge is 2.46. The second-order valence-corrected chi connectivity index (χ2v) is 19.4. The van der Waals surface area contributed by atoms with E-state index in [1.165, 1.54) is 4.57 Å². The van der Waals surface area contributed by atoms with Crippen molar-refractivity contribution in [3.05, 3.63) is 32.6 Å². The maximum atomic E-state index is 12.7. The number of H-pyrrole nitrogens is 1. The van der Waals surface area contributed by atoms with E-state index in [1.54, 1.807) is 13.1 Å². The Balaban J connectivity index is 2.27. The van der Waals surface area contributed by atoms with Crippen LogP contribution in [-0.2, 0) is 18.3 Å². The van der Waals surface area contributed by atoms with Crippen molar-refractivity contribution in [1.29, 1.82) is 0 Å². The lowest BCUT2D eigenvalue weighted by Crippen LogP contribution is -2.42. The second kappa shape index (κ2) is 14.7. The van der Waals surface area contributed by atoms with Crippen LogP contribution in [0.3, 0.4) is 0 Å². The van der Waals surface area contributed by atoms with Crippen LogP contribution in [-0.4, -0.2) is 55.1 Å². The van der Waals surface area contributed by atoms with Crippen LogP contribution in [0.2, 0.25) is 24.2 Å². The summed E-state index contributed by atoms with van der Waals surface area (Å²) in [6.45, 7) is 23.2. The van der Waals surface area contributed by atoms with Crippen LogP contribution in [0.15, 0.2) is 15.8 Å². The SMILES string of the molecule is CCCCOP(OC1CC(n2cc(C)c(=O)[nH]c2=O)OC1C[Si](C)(C)C(C)(C)C)O[C@H](C)CCNC(C)C. The van der Waals surface area contributed by atoms with Gasteiger partial charge in [-0.15, -0.1) is 0 Å². The van der Waals surface area contributed by atoms with E-state index < -0.39 is 28.6 Å². The molecular formula is C27H52N3O6PSi. The van der Waals surface area contributed by atoms with Crippen LogP contribution >= 0.6 is 8.60 Å². The van der Waals surface area contributed by atoms with Gasteiger partial charge in [-0.05, 0) is 44.3 Å². The lowest BCUT2D eigenvalue weighted by molar-refractivity contribution is -0.0121. The average Bonchev–Trinajstić information content (AvgIpc) is 3.16. The fourth-order valence-electron chi connectivity index (χ4n) is 4.03. The summed E-state index contributed by atoms with van der Waals surface area (Å²) in [4.78, 5) is 27.0. The van der Waals surface area contributed by atoms with E-state index in [2.05, 4.69) is 64.9 Å². The molecule has 5 atom stereocenters. The number of hydrogen-bond donors (Lipinski definition) is 2. The number of rotatable bonds is 15. The summed E-state index contributed by atoms with van der Waals surface area (Å²) < 4.78 is 27.0. The molecule has 1 aliphatic rings. The summed E-state index contributed by atoms with van der Waals surface area (Å²) in [7, 11) is -3.35.